The van der Waals surface area contributed by atoms with Crippen molar-refractivity contribution in [3.8, 4) is 6.07 Å². The van der Waals surface area contributed by atoms with E-state index in [-0.39, 0.29) is 11.4 Å². The normalized spacial score (nSPS) is 25.6. The summed E-state index contributed by atoms with van der Waals surface area (Å²) >= 11 is 0. The average Bonchev–Trinajstić information content (AvgIpc) is 3.64. The number of likely N-dealkylation sites (tertiary alicyclic amines) is 2. The highest BCUT2D eigenvalue weighted by Crippen LogP contribution is 2.56. The molecule has 3 heterocycles. The van der Waals surface area contributed by atoms with Crippen molar-refractivity contribution in [2.24, 2.45) is 5.41 Å². The minimum absolute atomic E-state index is 0.198. The van der Waals surface area contributed by atoms with Gasteiger partial charge in [-0.15, -0.1) is 10.2 Å². The van der Waals surface area contributed by atoms with E-state index < -0.39 is 0 Å². The van der Waals surface area contributed by atoms with Crippen molar-refractivity contribution in [1.29, 1.82) is 5.26 Å². The maximum absolute atomic E-state index is 12.9. The number of H-pyrrole nitrogens is 1. The van der Waals surface area contributed by atoms with E-state index in [2.05, 4.69) is 45.5 Å². The summed E-state index contributed by atoms with van der Waals surface area (Å²) in [5.74, 6) is 3.65. The Labute approximate surface area is 187 Å². The molecule has 1 aromatic heterocycles. The molecule has 32 heavy (non-hydrogen) atoms. The third kappa shape index (κ3) is 2.81. The lowest BCUT2D eigenvalue weighted by atomic mass is 9.57. The van der Waals surface area contributed by atoms with Crippen molar-refractivity contribution in [3.05, 3.63) is 47.0 Å². The maximum atomic E-state index is 12.9. The number of aromatic amines is 1. The average molecular weight is 429 g/mol. The summed E-state index contributed by atoms with van der Waals surface area (Å²) in [4.78, 5) is 20.3. The smallest absolute Gasteiger partial charge is 0.320 e. The number of nitrogens with zero attached hydrogens (tertiary/aromatic N) is 5. The van der Waals surface area contributed by atoms with Gasteiger partial charge in [-0.2, -0.15) is 5.26 Å². The topological polar surface area (TPSA) is 88.9 Å². The van der Waals surface area contributed by atoms with E-state index in [0.29, 0.717) is 23.2 Å². The minimum atomic E-state index is -0.221. The Bertz CT molecular complexity index is 1100. The highest BCUT2D eigenvalue weighted by Gasteiger charge is 2.56. The van der Waals surface area contributed by atoms with Crippen LogP contribution in [0.4, 0.5) is 4.79 Å². The molecule has 1 N–H and O–H groups in total. The summed E-state index contributed by atoms with van der Waals surface area (Å²) in [5.41, 5.74) is 2.52. The maximum Gasteiger partial charge on any atom is 0.320 e. The van der Waals surface area contributed by atoms with E-state index in [1.165, 1.54) is 18.4 Å². The predicted octanol–water partition coefficient (Wildman–Crippen LogP) is 3.64. The van der Waals surface area contributed by atoms with Crippen molar-refractivity contribution in [2.45, 2.75) is 61.7 Å². The third-order valence-corrected chi connectivity index (χ3v) is 8.61. The molecule has 5 aliphatic rings. The molecule has 3 saturated carbocycles. The van der Waals surface area contributed by atoms with Gasteiger partial charge in [-0.1, -0.05) is 24.3 Å². The van der Waals surface area contributed by atoms with E-state index in [1.807, 2.05) is 9.80 Å². The Kier molecular flexibility index (Phi) is 3.70. The van der Waals surface area contributed by atoms with Crippen molar-refractivity contribution < 1.29 is 4.79 Å². The Morgan fingerprint density at radius 3 is 2.22 bits per heavy atom. The summed E-state index contributed by atoms with van der Waals surface area (Å²) in [6.45, 7) is 3.38. The molecule has 0 radical (unpaired) electrons. The van der Waals surface area contributed by atoms with Crippen LogP contribution in [-0.4, -0.2) is 57.2 Å². The molecule has 2 saturated heterocycles. The standard InChI is InChI=1S/C25H28N6O/c26-13-25(7-8-25)20-5-3-16(4-6-20)19-11-30(12-19)23(32)31-14-24(15-31)9-18(10-24)22-27-21(28-29-22)17-1-2-17/h3-6,17-19H,1-2,7-12,14-15H2,(H,27,28,29). The van der Waals surface area contributed by atoms with Gasteiger partial charge < -0.3 is 14.8 Å². The zero-order chi connectivity index (χ0) is 21.5. The van der Waals surface area contributed by atoms with E-state index in [1.54, 1.807) is 0 Å². The van der Waals surface area contributed by atoms with Gasteiger partial charge in [-0.25, -0.2) is 4.79 Å². The lowest BCUT2D eigenvalue weighted by Gasteiger charge is -2.59. The van der Waals surface area contributed by atoms with E-state index in [4.69, 9.17) is 0 Å². The van der Waals surface area contributed by atoms with Crippen LogP contribution in [0.3, 0.4) is 0 Å². The molecule has 0 unspecified atom stereocenters. The number of aromatic nitrogens is 3. The summed E-state index contributed by atoms with van der Waals surface area (Å²) < 4.78 is 0. The number of rotatable bonds is 4. The van der Waals surface area contributed by atoms with Crippen molar-refractivity contribution in [3.63, 3.8) is 0 Å². The van der Waals surface area contributed by atoms with Crippen molar-refractivity contribution in [2.75, 3.05) is 26.2 Å². The van der Waals surface area contributed by atoms with Crippen LogP contribution in [0.25, 0.3) is 0 Å². The largest absolute Gasteiger partial charge is 0.328 e. The summed E-state index contributed by atoms with van der Waals surface area (Å²) in [6, 6.07) is 11.2. The molecule has 7 heteroatoms. The number of benzene rings is 1. The van der Waals surface area contributed by atoms with Crippen LogP contribution in [0.2, 0.25) is 0 Å². The van der Waals surface area contributed by atoms with Gasteiger partial charge in [0.25, 0.3) is 0 Å². The monoisotopic (exact) mass is 428 g/mol. The molecule has 1 aromatic carbocycles. The second-order valence-corrected chi connectivity index (χ2v) is 11.0. The van der Waals surface area contributed by atoms with Gasteiger partial charge >= 0.3 is 6.03 Å². The molecule has 2 aromatic rings. The number of urea groups is 1. The fraction of sp³-hybridized carbons (Fsp3) is 0.600. The lowest BCUT2D eigenvalue weighted by Crippen LogP contribution is -2.67. The van der Waals surface area contributed by atoms with E-state index >= 15 is 0 Å². The molecule has 2 aliphatic heterocycles. The molecule has 2 amide bonds. The zero-order valence-corrected chi connectivity index (χ0v) is 18.3. The Balaban J connectivity index is 0.893. The fourth-order valence-electron chi connectivity index (χ4n) is 6.06. The number of amides is 2. The summed E-state index contributed by atoms with van der Waals surface area (Å²) in [7, 11) is 0. The van der Waals surface area contributed by atoms with Crippen LogP contribution < -0.4 is 0 Å². The number of carbonyl (C=O) groups excluding carboxylic acids is 1. The Hall–Kier alpha value is -2.88. The van der Waals surface area contributed by atoms with Gasteiger partial charge in [0.1, 0.15) is 11.6 Å². The van der Waals surface area contributed by atoms with Crippen LogP contribution >= 0.6 is 0 Å². The highest BCUT2D eigenvalue weighted by atomic mass is 16.2. The quantitative estimate of drug-likeness (QED) is 0.805. The first-order chi connectivity index (χ1) is 15.6. The number of nitrogens with one attached hydrogen (secondary N) is 1. The molecule has 3 aliphatic carbocycles. The van der Waals surface area contributed by atoms with Crippen LogP contribution in [0.1, 0.15) is 79.1 Å². The molecule has 1 spiro atoms. The number of hydrogen-bond donors (Lipinski definition) is 1. The first kappa shape index (κ1) is 18.7. The van der Waals surface area contributed by atoms with Gasteiger partial charge in [-0.3, -0.25) is 0 Å². The zero-order valence-electron chi connectivity index (χ0n) is 18.3. The summed E-state index contributed by atoms with van der Waals surface area (Å²) in [5, 5.41) is 18.1. The molecule has 5 fully saturated rings. The molecule has 0 bridgehead atoms. The highest BCUT2D eigenvalue weighted by molar-refractivity contribution is 5.77. The second-order valence-electron chi connectivity index (χ2n) is 11.0. The SMILES string of the molecule is N#CC1(c2ccc(C3CN(C(=O)N4CC5(CC(c6nnc(C7CC7)[nH]6)C5)C4)C3)cc2)CC1. The first-order valence-electron chi connectivity index (χ1n) is 12.0. The van der Waals surface area contributed by atoms with Gasteiger partial charge in [-0.05, 0) is 49.7 Å². The van der Waals surface area contributed by atoms with Crippen LogP contribution in [0, 0.1) is 16.7 Å². The first-order valence-corrected chi connectivity index (χ1v) is 12.0. The molecule has 7 rings (SSSR count). The molecule has 0 atom stereocenters. The van der Waals surface area contributed by atoms with E-state index in [0.717, 1.165) is 69.1 Å². The number of hydrogen-bond acceptors (Lipinski definition) is 4. The van der Waals surface area contributed by atoms with Gasteiger partial charge in [0.2, 0.25) is 0 Å². The van der Waals surface area contributed by atoms with Crippen LogP contribution in [0.5, 0.6) is 0 Å². The van der Waals surface area contributed by atoms with Crippen LogP contribution in [0.15, 0.2) is 24.3 Å². The van der Waals surface area contributed by atoms with Gasteiger partial charge in [0, 0.05) is 49.3 Å². The fourth-order valence-corrected chi connectivity index (χ4v) is 6.06. The minimum Gasteiger partial charge on any atom is -0.328 e. The molecular weight excluding hydrogens is 400 g/mol. The van der Waals surface area contributed by atoms with Crippen LogP contribution in [-0.2, 0) is 5.41 Å². The second kappa shape index (κ2) is 6.34. The number of nitriles is 1. The van der Waals surface area contributed by atoms with Gasteiger partial charge in [0.15, 0.2) is 0 Å². The summed E-state index contributed by atoms with van der Waals surface area (Å²) in [6.07, 6.45) is 6.68. The Morgan fingerprint density at radius 2 is 1.62 bits per heavy atom. The van der Waals surface area contributed by atoms with Crippen molar-refractivity contribution in [1.82, 2.24) is 25.0 Å². The lowest BCUT2D eigenvalue weighted by molar-refractivity contribution is -0.0601. The third-order valence-electron chi connectivity index (χ3n) is 8.61. The van der Waals surface area contributed by atoms with E-state index in [9.17, 15) is 10.1 Å². The number of carbonyl (C=O) groups is 1. The molecule has 164 valence electrons. The predicted molar refractivity (Wildman–Crippen MR) is 117 cm³/mol. The Morgan fingerprint density at radius 1 is 0.969 bits per heavy atom. The molecular formula is C25H28N6O. The van der Waals surface area contributed by atoms with Gasteiger partial charge in [0.05, 0.1) is 11.5 Å². The molecule has 7 nitrogen and oxygen atoms in total. The van der Waals surface area contributed by atoms with Crippen molar-refractivity contribution >= 4 is 6.03 Å².